The Morgan fingerprint density at radius 2 is 1.72 bits per heavy atom. The molecular formula is C22H17ClNO5-. The van der Waals surface area contributed by atoms with Crippen molar-refractivity contribution in [2.24, 2.45) is 0 Å². The molecular weight excluding hydrogens is 394 g/mol. The molecule has 0 radical (unpaired) electrons. The SMILES string of the molecule is CCOC(=O)C1=C(C)N(c2ccc(Cl)cc2)C(=O)/C1=C/c1ccc(C(=O)[O-])cc1. The van der Waals surface area contributed by atoms with Gasteiger partial charge in [-0.05, 0) is 55.3 Å². The summed E-state index contributed by atoms with van der Waals surface area (Å²) in [5.74, 6) is -2.29. The second-order valence-corrected chi connectivity index (χ2v) is 6.70. The van der Waals surface area contributed by atoms with Crippen LogP contribution in [0.25, 0.3) is 6.08 Å². The molecule has 0 fully saturated rings. The topological polar surface area (TPSA) is 86.7 Å². The van der Waals surface area contributed by atoms with Crippen molar-refractivity contribution in [2.45, 2.75) is 13.8 Å². The van der Waals surface area contributed by atoms with E-state index in [4.69, 9.17) is 16.3 Å². The van der Waals surface area contributed by atoms with Gasteiger partial charge in [0.1, 0.15) is 0 Å². The first-order valence-corrected chi connectivity index (χ1v) is 9.22. The van der Waals surface area contributed by atoms with Crippen LogP contribution in [0, 0.1) is 0 Å². The van der Waals surface area contributed by atoms with Crippen LogP contribution in [0.5, 0.6) is 0 Å². The molecule has 1 aliphatic rings. The second kappa shape index (κ2) is 8.32. The third kappa shape index (κ3) is 4.07. The van der Waals surface area contributed by atoms with Crippen LogP contribution in [-0.2, 0) is 14.3 Å². The van der Waals surface area contributed by atoms with E-state index in [1.165, 1.54) is 35.2 Å². The molecule has 148 valence electrons. The van der Waals surface area contributed by atoms with Crippen molar-refractivity contribution >= 4 is 41.2 Å². The van der Waals surface area contributed by atoms with Crippen molar-refractivity contribution in [3.8, 4) is 0 Å². The van der Waals surface area contributed by atoms with Crippen molar-refractivity contribution in [3.63, 3.8) is 0 Å². The molecule has 0 unspecified atom stereocenters. The highest BCUT2D eigenvalue weighted by Crippen LogP contribution is 2.35. The largest absolute Gasteiger partial charge is 0.545 e. The number of ether oxygens (including phenoxy) is 1. The van der Waals surface area contributed by atoms with Gasteiger partial charge in [0.05, 0.1) is 23.7 Å². The number of rotatable bonds is 5. The summed E-state index contributed by atoms with van der Waals surface area (Å²) in [7, 11) is 0. The highest BCUT2D eigenvalue weighted by molar-refractivity contribution is 6.30. The summed E-state index contributed by atoms with van der Waals surface area (Å²) in [6.45, 7) is 3.51. The lowest BCUT2D eigenvalue weighted by Crippen LogP contribution is -2.24. The van der Waals surface area contributed by atoms with Crippen molar-refractivity contribution in [1.29, 1.82) is 0 Å². The minimum absolute atomic E-state index is 0.0185. The molecule has 29 heavy (non-hydrogen) atoms. The van der Waals surface area contributed by atoms with E-state index in [1.807, 2.05) is 0 Å². The maximum Gasteiger partial charge on any atom is 0.340 e. The van der Waals surface area contributed by atoms with Crippen LogP contribution in [0.15, 0.2) is 65.4 Å². The molecule has 0 atom stereocenters. The summed E-state index contributed by atoms with van der Waals surface area (Å²) in [5.41, 5.74) is 1.91. The number of esters is 1. The lowest BCUT2D eigenvalue weighted by atomic mass is 10.0. The van der Waals surface area contributed by atoms with Gasteiger partial charge in [-0.3, -0.25) is 9.69 Å². The Morgan fingerprint density at radius 3 is 2.28 bits per heavy atom. The average Bonchev–Trinajstić information content (AvgIpc) is 2.93. The first kappa shape index (κ1) is 20.4. The fourth-order valence-electron chi connectivity index (χ4n) is 3.06. The third-order valence-electron chi connectivity index (χ3n) is 4.42. The number of allylic oxidation sites excluding steroid dienone is 1. The molecule has 2 aromatic carbocycles. The zero-order valence-electron chi connectivity index (χ0n) is 15.8. The molecule has 0 bridgehead atoms. The van der Waals surface area contributed by atoms with Gasteiger partial charge in [-0.25, -0.2) is 4.79 Å². The molecule has 0 saturated heterocycles. The number of carbonyl (C=O) groups is 3. The first-order chi connectivity index (χ1) is 13.8. The summed E-state index contributed by atoms with van der Waals surface area (Å²) in [6, 6.07) is 12.5. The molecule has 1 amide bonds. The average molecular weight is 411 g/mol. The summed E-state index contributed by atoms with van der Waals surface area (Å²) in [4.78, 5) is 38.1. The molecule has 1 aliphatic heterocycles. The van der Waals surface area contributed by atoms with Crippen LogP contribution in [-0.4, -0.2) is 24.5 Å². The Bertz CT molecular complexity index is 1040. The Labute approximate surface area is 172 Å². The van der Waals surface area contributed by atoms with Crippen LogP contribution in [0.3, 0.4) is 0 Å². The number of carboxylic acid groups (broad SMARTS) is 1. The number of nitrogens with zero attached hydrogens (tertiary/aromatic N) is 1. The van der Waals surface area contributed by atoms with Crippen LogP contribution in [0.4, 0.5) is 5.69 Å². The molecule has 0 aromatic heterocycles. The van der Waals surface area contributed by atoms with Crippen LogP contribution in [0.1, 0.15) is 29.8 Å². The number of halogens is 1. The van der Waals surface area contributed by atoms with Gasteiger partial charge < -0.3 is 14.6 Å². The number of hydrogen-bond donors (Lipinski definition) is 0. The van der Waals surface area contributed by atoms with E-state index in [1.54, 1.807) is 38.1 Å². The molecule has 6 nitrogen and oxygen atoms in total. The van der Waals surface area contributed by atoms with E-state index in [0.717, 1.165) is 0 Å². The first-order valence-electron chi connectivity index (χ1n) is 8.85. The number of aromatic carboxylic acids is 1. The molecule has 3 rings (SSSR count). The van der Waals surface area contributed by atoms with Gasteiger partial charge in [0.25, 0.3) is 5.91 Å². The predicted molar refractivity (Wildman–Crippen MR) is 107 cm³/mol. The summed E-state index contributed by atoms with van der Waals surface area (Å²) in [6.07, 6.45) is 1.53. The zero-order valence-corrected chi connectivity index (χ0v) is 16.5. The van der Waals surface area contributed by atoms with Crippen molar-refractivity contribution < 1.29 is 24.2 Å². The maximum absolute atomic E-state index is 13.2. The number of anilines is 1. The Morgan fingerprint density at radius 1 is 1.10 bits per heavy atom. The minimum Gasteiger partial charge on any atom is -0.545 e. The Kier molecular flexibility index (Phi) is 5.84. The van der Waals surface area contributed by atoms with E-state index < -0.39 is 17.8 Å². The Hall–Kier alpha value is -3.38. The maximum atomic E-state index is 13.2. The van der Waals surface area contributed by atoms with Gasteiger partial charge in [0, 0.05) is 16.4 Å². The third-order valence-corrected chi connectivity index (χ3v) is 4.67. The highest BCUT2D eigenvalue weighted by Gasteiger charge is 2.38. The standard InChI is InChI=1S/C22H18ClNO5/c1-3-29-22(28)19-13(2)24(17-10-8-16(23)9-11-17)20(25)18(19)12-14-4-6-15(7-5-14)21(26)27/h4-12H,3H2,1-2H3,(H,26,27)/p-1/b18-12+. The number of carbonyl (C=O) groups excluding carboxylic acids is 3. The number of amides is 1. The second-order valence-electron chi connectivity index (χ2n) is 6.27. The minimum atomic E-state index is -1.29. The van der Waals surface area contributed by atoms with E-state index in [2.05, 4.69) is 0 Å². The quantitative estimate of drug-likeness (QED) is 0.558. The molecule has 2 aromatic rings. The number of carboxylic acids is 1. The monoisotopic (exact) mass is 410 g/mol. The zero-order chi connectivity index (χ0) is 21.1. The lowest BCUT2D eigenvalue weighted by molar-refractivity contribution is -0.255. The molecule has 0 spiro atoms. The van der Waals surface area contributed by atoms with Crippen molar-refractivity contribution in [2.75, 3.05) is 11.5 Å². The van der Waals surface area contributed by atoms with E-state index in [-0.39, 0.29) is 23.3 Å². The smallest absolute Gasteiger partial charge is 0.340 e. The fraction of sp³-hybridized carbons (Fsp3) is 0.136. The van der Waals surface area contributed by atoms with Gasteiger partial charge in [-0.15, -0.1) is 0 Å². The van der Waals surface area contributed by atoms with Crippen molar-refractivity contribution in [3.05, 3.63) is 81.5 Å². The summed E-state index contributed by atoms with van der Waals surface area (Å²) < 4.78 is 5.14. The molecule has 1 heterocycles. The van der Waals surface area contributed by atoms with Crippen molar-refractivity contribution in [1.82, 2.24) is 0 Å². The summed E-state index contributed by atoms with van der Waals surface area (Å²) >= 11 is 5.94. The molecule has 0 aliphatic carbocycles. The normalized spacial score (nSPS) is 15.2. The molecule has 7 heteroatoms. The Balaban J connectivity index is 2.08. The van der Waals surface area contributed by atoms with Gasteiger partial charge in [0.2, 0.25) is 0 Å². The van der Waals surface area contributed by atoms with E-state index >= 15 is 0 Å². The van der Waals surface area contributed by atoms with Crippen LogP contribution >= 0.6 is 11.6 Å². The van der Waals surface area contributed by atoms with Gasteiger partial charge in [0.15, 0.2) is 0 Å². The van der Waals surface area contributed by atoms with Gasteiger partial charge in [-0.2, -0.15) is 0 Å². The van der Waals surface area contributed by atoms with E-state index in [9.17, 15) is 19.5 Å². The fourth-order valence-corrected chi connectivity index (χ4v) is 3.19. The van der Waals surface area contributed by atoms with Crippen LogP contribution in [0.2, 0.25) is 5.02 Å². The van der Waals surface area contributed by atoms with Gasteiger partial charge >= 0.3 is 5.97 Å². The van der Waals surface area contributed by atoms with E-state index in [0.29, 0.717) is 22.0 Å². The van der Waals surface area contributed by atoms with Gasteiger partial charge in [-0.1, -0.05) is 35.9 Å². The van der Waals surface area contributed by atoms with Crippen LogP contribution < -0.4 is 10.0 Å². The number of benzene rings is 2. The highest BCUT2D eigenvalue weighted by atomic mass is 35.5. The lowest BCUT2D eigenvalue weighted by Gasteiger charge is -2.18. The molecule has 0 saturated carbocycles. The summed E-state index contributed by atoms with van der Waals surface area (Å²) in [5, 5.41) is 11.4. The number of hydrogen-bond acceptors (Lipinski definition) is 5. The predicted octanol–water partition coefficient (Wildman–Crippen LogP) is 2.97. The molecule has 0 N–H and O–H groups in total.